The van der Waals surface area contributed by atoms with E-state index in [0.29, 0.717) is 11.3 Å². The molecule has 5 nitrogen and oxygen atoms in total. The summed E-state index contributed by atoms with van der Waals surface area (Å²) in [6.07, 6.45) is 3.24. The molecule has 0 spiro atoms. The average molecular weight is 423 g/mol. The molecule has 2 aromatic rings. The van der Waals surface area contributed by atoms with E-state index in [0.717, 1.165) is 30.4 Å². The maximum atomic E-state index is 12.4. The highest BCUT2D eigenvalue weighted by Gasteiger charge is 2.18. The molecule has 0 aliphatic carbocycles. The number of nitrogens with zero attached hydrogens (tertiary/aromatic N) is 1. The van der Waals surface area contributed by atoms with Gasteiger partial charge in [0.2, 0.25) is 0 Å². The minimum Gasteiger partial charge on any atom is -0.339 e. The lowest BCUT2D eigenvalue weighted by molar-refractivity contribution is 0.0724. The van der Waals surface area contributed by atoms with E-state index in [2.05, 4.69) is 20.7 Å². The zero-order chi connectivity index (χ0) is 17.9. The Bertz CT molecular complexity index is 843. The molecule has 1 aliphatic rings. The molecule has 1 aliphatic heterocycles. The van der Waals surface area contributed by atoms with E-state index in [4.69, 9.17) is 0 Å². The molecular formula is C18H19BrN2O3S. The third-order valence-corrected chi connectivity index (χ3v) is 6.08. The molecular weight excluding hydrogens is 404 g/mol. The van der Waals surface area contributed by atoms with E-state index in [-0.39, 0.29) is 10.8 Å². The first-order valence-electron chi connectivity index (χ1n) is 8.13. The van der Waals surface area contributed by atoms with E-state index in [1.54, 1.807) is 36.4 Å². The number of benzene rings is 2. The van der Waals surface area contributed by atoms with Crippen LogP contribution in [0.2, 0.25) is 0 Å². The average Bonchev–Trinajstić information content (AvgIpc) is 2.62. The van der Waals surface area contributed by atoms with Gasteiger partial charge in [0, 0.05) is 28.8 Å². The number of hydrogen-bond acceptors (Lipinski definition) is 3. The highest BCUT2D eigenvalue weighted by Crippen LogP contribution is 2.20. The smallest absolute Gasteiger partial charge is 0.261 e. The molecule has 1 heterocycles. The molecule has 1 amide bonds. The van der Waals surface area contributed by atoms with Gasteiger partial charge in [-0.3, -0.25) is 9.52 Å². The summed E-state index contributed by atoms with van der Waals surface area (Å²) >= 11 is 3.28. The van der Waals surface area contributed by atoms with Crippen molar-refractivity contribution < 1.29 is 13.2 Å². The van der Waals surface area contributed by atoms with Gasteiger partial charge in [0.25, 0.3) is 15.9 Å². The number of nitrogens with one attached hydrogen (secondary N) is 1. The Morgan fingerprint density at radius 1 is 0.920 bits per heavy atom. The fraction of sp³-hybridized carbons (Fsp3) is 0.278. The van der Waals surface area contributed by atoms with Crippen LogP contribution in [0.15, 0.2) is 57.9 Å². The summed E-state index contributed by atoms with van der Waals surface area (Å²) in [5, 5.41) is 0. The molecule has 3 rings (SSSR count). The number of rotatable bonds is 4. The van der Waals surface area contributed by atoms with Gasteiger partial charge in [0.15, 0.2) is 0 Å². The highest BCUT2D eigenvalue weighted by atomic mass is 79.9. The molecule has 0 aromatic heterocycles. The number of piperidine rings is 1. The van der Waals surface area contributed by atoms with Crippen LogP contribution in [0, 0.1) is 0 Å². The molecule has 1 fully saturated rings. The molecule has 0 saturated carbocycles. The first-order valence-corrected chi connectivity index (χ1v) is 10.4. The summed E-state index contributed by atoms with van der Waals surface area (Å²) in [5.74, 6) is 0.00187. The lowest BCUT2D eigenvalue weighted by Crippen LogP contribution is -2.35. The van der Waals surface area contributed by atoms with Gasteiger partial charge in [0.05, 0.1) is 4.90 Å². The Balaban J connectivity index is 1.71. The number of carbonyl (C=O) groups is 1. The summed E-state index contributed by atoms with van der Waals surface area (Å²) in [4.78, 5) is 14.5. The van der Waals surface area contributed by atoms with Crippen molar-refractivity contribution in [1.29, 1.82) is 0 Å². The molecule has 2 aromatic carbocycles. The fourth-order valence-corrected chi connectivity index (χ4v) is 4.11. The van der Waals surface area contributed by atoms with Crippen LogP contribution in [0.5, 0.6) is 0 Å². The van der Waals surface area contributed by atoms with E-state index in [1.807, 2.05) is 4.90 Å². The maximum Gasteiger partial charge on any atom is 0.261 e. The number of likely N-dealkylation sites (tertiary alicyclic amines) is 1. The zero-order valence-corrected chi connectivity index (χ0v) is 16.0. The first kappa shape index (κ1) is 17.9. The van der Waals surface area contributed by atoms with Crippen LogP contribution in [-0.2, 0) is 10.0 Å². The third-order valence-electron chi connectivity index (χ3n) is 4.15. The number of anilines is 1. The van der Waals surface area contributed by atoms with Crippen LogP contribution >= 0.6 is 15.9 Å². The van der Waals surface area contributed by atoms with Crippen LogP contribution in [-0.4, -0.2) is 32.3 Å². The Kier molecular flexibility index (Phi) is 5.44. The van der Waals surface area contributed by atoms with Crippen LogP contribution in [0.1, 0.15) is 29.6 Å². The molecule has 0 atom stereocenters. The Morgan fingerprint density at radius 3 is 2.12 bits per heavy atom. The Labute approximate surface area is 156 Å². The van der Waals surface area contributed by atoms with Gasteiger partial charge in [-0.15, -0.1) is 0 Å². The minimum atomic E-state index is -3.65. The molecule has 0 unspecified atom stereocenters. The summed E-state index contributed by atoms with van der Waals surface area (Å²) in [6.45, 7) is 1.58. The van der Waals surface area contributed by atoms with Gasteiger partial charge in [-0.05, 0) is 67.8 Å². The number of hydrogen-bond donors (Lipinski definition) is 1. The van der Waals surface area contributed by atoms with Gasteiger partial charge in [-0.25, -0.2) is 8.42 Å². The van der Waals surface area contributed by atoms with Crippen LogP contribution < -0.4 is 4.72 Å². The lowest BCUT2D eigenvalue weighted by Gasteiger charge is -2.26. The molecule has 0 bridgehead atoms. The van der Waals surface area contributed by atoms with Gasteiger partial charge < -0.3 is 4.90 Å². The third kappa shape index (κ3) is 4.41. The highest BCUT2D eigenvalue weighted by molar-refractivity contribution is 9.10. The standard InChI is InChI=1S/C18H19BrN2O3S/c19-15-6-10-17(11-7-15)25(23,24)20-16-8-4-14(5-9-16)18(22)21-12-2-1-3-13-21/h4-11,20H,1-3,12-13H2. The van der Waals surface area contributed by atoms with Crippen molar-refractivity contribution >= 4 is 37.5 Å². The van der Waals surface area contributed by atoms with Gasteiger partial charge in [-0.2, -0.15) is 0 Å². The van der Waals surface area contributed by atoms with Gasteiger partial charge in [-0.1, -0.05) is 15.9 Å². The molecule has 132 valence electrons. The van der Waals surface area contributed by atoms with E-state index in [9.17, 15) is 13.2 Å². The Hall–Kier alpha value is -1.86. The number of sulfonamides is 1. The van der Waals surface area contributed by atoms with Crippen LogP contribution in [0.25, 0.3) is 0 Å². The predicted molar refractivity (Wildman–Crippen MR) is 101 cm³/mol. The van der Waals surface area contributed by atoms with Gasteiger partial charge >= 0.3 is 0 Å². The molecule has 7 heteroatoms. The maximum absolute atomic E-state index is 12.4. The van der Waals surface area contributed by atoms with E-state index < -0.39 is 10.0 Å². The molecule has 25 heavy (non-hydrogen) atoms. The molecule has 1 saturated heterocycles. The second-order valence-corrected chi connectivity index (χ2v) is 8.59. The summed E-state index contributed by atoms with van der Waals surface area (Å²) in [5.41, 5.74) is 1.01. The topological polar surface area (TPSA) is 66.5 Å². The first-order chi connectivity index (χ1) is 12.0. The quantitative estimate of drug-likeness (QED) is 0.812. The summed E-state index contributed by atoms with van der Waals surface area (Å²) < 4.78 is 28.1. The molecule has 0 radical (unpaired) electrons. The van der Waals surface area contributed by atoms with E-state index >= 15 is 0 Å². The van der Waals surface area contributed by atoms with E-state index in [1.165, 1.54) is 18.6 Å². The second kappa shape index (κ2) is 7.58. The predicted octanol–water partition coefficient (Wildman–Crippen LogP) is 3.88. The number of amides is 1. The molecule has 1 N–H and O–H groups in total. The Morgan fingerprint density at radius 2 is 1.52 bits per heavy atom. The summed E-state index contributed by atoms with van der Waals surface area (Å²) in [6, 6.07) is 13.0. The zero-order valence-electron chi connectivity index (χ0n) is 13.6. The SMILES string of the molecule is O=C(c1ccc(NS(=O)(=O)c2ccc(Br)cc2)cc1)N1CCCCC1. The van der Waals surface area contributed by atoms with Crippen molar-refractivity contribution in [3.63, 3.8) is 0 Å². The second-order valence-electron chi connectivity index (χ2n) is 5.99. The van der Waals surface area contributed by atoms with Crippen molar-refractivity contribution in [2.45, 2.75) is 24.2 Å². The number of carbonyl (C=O) groups excluding carboxylic acids is 1. The lowest BCUT2D eigenvalue weighted by atomic mass is 10.1. The van der Waals surface area contributed by atoms with Crippen molar-refractivity contribution in [3.8, 4) is 0 Å². The normalized spacial score (nSPS) is 15.0. The summed E-state index contributed by atoms with van der Waals surface area (Å²) in [7, 11) is -3.65. The van der Waals surface area contributed by atoms with Crippen LogP contribution in [0.3, 0.4) is 0 Å². The van der Waals surface area contributed by atoms with Crippen LogP contribution in [0.4, 0.5) is 5.69 Å². The number of halogens is 1. The largest absolute Gasteiger partial charge is 0.339 e. The van der Waals surface area contributed by atoms with Crippen molar-refractivity contribution in [2.24, 2.45) is 0 Å². The van der Waals surface area contributed by atoms with Crippen molar-refractivity contribution in [3.05, 3.63) is 58.6 Å². The fourth-order valence-electron chi connectivity index (χ4n) is 2.79. The van der Waals surface area contributed by atoms with Crippen molar-refractivity contribution in [1.82, 2.24) is 4.90 Å². The van der Waals surface area contributed by atoms with Crippen molar-refractivity contribution in [2.75, 3.05) is 17.8 Å². The monoisotopic (exact) mass is 422 g/mol. The minimum absolute atomic E-state index is 0.00187. The van der Waals surface area contributed by atoms with Gasteiger partial charge in [0.1, 0.15) is 0 Å².